The van der Waals surface area contributed by atoms with Gasteiger partial charge in [-0.3, -0.25) is 14.4 Å². The summed E-state index contributed by atoms with van der Waals surface area (Å²) in [4.78, 5) is 39.1. The van der Waals surface area contributed by atoms with Crippen molar-refractivity contribution in [2.75, 3.05) is 25.0 Å². The van der Waals surface area contributed by atoms with Crippen molar-refractivity contribution in [3.05, 3.63) is 40.4 Å². The van der Waals surface area contributed by atoms with Crippen LogP contribution in [0.15, 0.2) is 23.1 Å². The van der Waals surface area contributed by atoms with Crippen LogP contribution in [0, 0.1) is 5.82 Å². The van der Waals surface area contributed by atoms with Crippen LogP contribution in [0.4, 0.5) is 32.0 Å². The van der Waals surface area contributed by atoms with Crippen LogP contribution in [-0.2, 0) is 16.6 Å². The van der Waals surface area contributed by atoms with Crippen LogP contribution in [0.1, 0.15) is 35.8 Å². The van der Waals surface area contributed by atoms with Crippen LogP contribution in [0.3, 0.4) is 0 Å². The van der Waals surface area contributed by atoms with Gasteiger partial charge in [0.25, 0.3) is 12.3 Å². The molecule has 3 heterocycles. The predicted molar refractivity (Wildman–Crippen MR) is 132 cm³/mol. The molecule has 0 saturated carbocycles. The number of halogens is 7. The molecule has 0 bridgehead atoms. The molecule has 0 radical (unpaired) electrons. The Bertz CT molecular complexity index is 1360. The van der Waals surface area contributed by atoms with Gasteiger partial charge in [-0.2, -0.15) is 13.2 Å². The first kappa shape index (κ1) is 29.9. The molecule has 0 aliphatic carbocycles. The van der Waals surface area contributed by atoms with Gasteiger partial charge in [-0.15, -0.1) is 0 Å². The van der Waals surface area contributed by atoms with Crippen LogP contribution in [0.25, 0.3) is 0 Å². The molecule has 2 aliphatic rings. The molecule has 1 aromatic heterocycles. The molecule has 2 atom stereocenters. The van der Waals surface area contributed by atoms with Gasteiger partial charge in [0.15, 0.2) is 11.4 Å². The van der Waals surface area contributed by atoms with E-state index in [2.05, 4.69) is 10.0 Å². The quantitative estimate of drug-likeness (QED) is 0.273. The normalized spacial score (nSPS) is 19.7. The van der Waals surface area contributed by atoms with Gasteiger partial charge in [-0.05, 0) is 43.5 Å². The third-order valence-electron chi connectivity index (χ3n) is 6.48. The molecule has 4 rings (SSSR count). The van der Waals surface area contributed by atoms with Gasteiger partial charge < -0.3 is 24.8 Å². The first-order valence-electron chi connectivity index (χ1n) is 11.6. The van der Waals surface area contributed by atoms with Crippen LogP contribution in [-0.4, -0.2) is 64.6 Å². The summed E-state index contributed by atoms with van der Waals surface area (Å²) in [5.74, 6) is -4.39. The zero-order chi connectivity index (χ0) is 29.6. The number of hydrogen-bond acceptors (Lipinski definition) is 6. The van der Waals surface area contributed by atoms with Crippen molar-refractivity contribution in [2.24, 2.45) is 7.05 Å². The van der Waals surface area contributed by atoms with Crippen LogP contribution >= 0.6 is 23.5 Å². The third-order valence-corrected chi connectivity index (χ3v) is 8.15. The Kier molecular flexibility index (Phi) is 8.25. The Morgan fingerprint density at radius 1 is 1.25 bits per heavy atom. The maximum atomic E-state index is 13.7. The molecule has 1 saturated heterocycles. The van der Waals surface area contributed by atoms with Gasteiger partial charge in [0.2, 0.25) is 0 Å². The van der Waals surface area contributed by atoms with Gasteiger partial charge in [0, 0.05) is 25.8 Å². The van der Waals surface area contributed by atoms with E-state index in [1.807, 2.05) is 0 Å². The fourth-order valence-corrected chi connectivity index (χ4v) is 5.49. The number of ether oxygens (including phenoxy) is 1. The average molecular weight is 614 g/mol. The summed E-state index contributed by atoms with van der Waals surface area (Å²) in [5, 5.41) is 4.15. The van der Waals surface area contributed by atoms with Gasteiger partial charge >= 0.3 is 18.0 Å². The van der Waals surface area contributed by atoms with Crippen molar-refractivity contribution < 1.29 is 45.5 Å². The van der Waals surface area contributed by atoms with E-state index < -0.39 is 53.3 Å². The molecule has 3 amide bonds. The second-order valence-electron chi connectivity index (χ2n) is 9.33. The second kappa shape index (κ2) is 11.0. The highest BCUT2D eigenvalue weighted by atomic mass is 35.5. The molecule has 2 aromatic rings. The lowest BCUT2D eigenvalue weighted by Gasteiger charge is -2.27. The Balaban J connectivity index is 1.49. The number of hydrogen-bond donors (Lipinski definition) is 3. The SMILES string of the molecule is CC(NC(=O)C(=O)N1CC[C@@]2(COc3c(c(Cl)n(C)c3C(=O)Nc3ccc(F)c(C(F)F)c3)SN2)C1)C(F)(F)F. The Hall–Kier alpha value is -3.11. The van der Waals surface area contributed by atoms with E-state index in [1.165, 1.54) is 11.6 Å². The van der Waals surface area contributed by atoms with Crippen molar-refractivity contribution >= 4 is 47.0 Å². The van der Waals surface area contributed by atoms with Crippen LogP contribution in [0.2, 0.25) is 5.15 Å². The van der Waals surface area contributed by atoms with Crippen LogP contribution < -0.4 is 20.1 Å². The summed E-state index contributed by atoms with van der Waals surface area (Å²) in [6.45, 7) is 0.550. The molecule has 9 nitrogen and oxygen atoms in total. The molecule has 218 valence electrons. The molecular formula is C23H22ClF6N5O4S. The summed E-state index contributed by atoms with van der Waals surface area (Å²) in [7, 11) is 1.47. The van der Waals surface area contributed by atoms with Gasteiger partial charge in [0.05, 0.1) is 11.1 Å². The molecule has 1 unspecified atom stereocenters. The largest absolute Gasteiger partial charge is 0.488 e. The minimum atomic E-state index is -4.72. The van der Waals surface area contributed by atoms with Gasteiger partial charge in [-0.1, -0.05) is 11.6 Å². The first-order chi connectivity index (χ1) is 18.6. The second-order valence-corrected chi connectivity index (χ2v) is 10.5. The lowest BCUT2D eigenvalue weighted by Crippen LogP contribution is -2.52. The highest BCUT2D eigenvalue weighted by molar-refractivity contribution is 7.97. The predicted octanol–water partition coefficient (Wildman–Crippen LogP) is 4.03. The summed E-state index contributed by atoms with van der Waals surface area (Å²) in [5.41, 5.74) is -1.99. The number of benzene rings is 1. The monoisotopic (exact) mass is 613 g/mol. The summed E-state index contributed by atoms with van der Waals surface area (Å²) in [6, 6.07) is 0.509. The van der Waals surface area contributed by atoms with E-state index >= 15 is 0 Å². The number of likely N-dealkylation sites (tertiary alicyclic amines) is 1. The number of amides is 3. The number of anilines is 1. The number of alkyl halides is 5. The van der Waals surface area contributed by atoms with Gasteiger partial charge in [0.1, 0.15) is 28.5 Å². The molecule has 40 heavy (non-hydrogen) atoms. The molecule has 3 N–H and O–H groups in total. The fourth-order valence-electron chi connectivity index (χ4n) is 4.19. The molecule has 1 spiro atoms. The smallest absolute Gasteiger partial charge is 0.408 e. The minimum Gasteiger partial charge on any atom is -0.488 e. The van der Waals surface area contributed by atoms with Crippen molar-refractivity contribution in [1.82, 2.24) is 19.5 Å². The number of aromatic nitrogens is 1. The third kappa shape index (κ3) is 5.83. The van der Waals surface area contributed by atoms with Crippen molar-refractivity contribution in [2.45, 2.75) is 42.4 Å². The van der Waals surface area contributed by atoms with Crippen molar-refractivity contribution in [1.29, 1.82) is 0 Å². The minimum absolute atomic E-state index is 0.0414. The number of carbonyl (C=O) groups is 3. The molecule has 1 aromatic carbocycles. The molecule has 2 aliphatic heterocycles. The van der Waals surface area contributed by atoms with E-state index in [0.717, 1.165) is 42.0 Å². The van der Waals surface area contributed by atoms with Crippen molar-refractivity contribution in [3.63, 3.8) is 0 Å². The fraction of sp³-hybridized carbons (Fsp3) is 0.435. The summed E-state index contributed by atoms with van der Waals surface area (Å²) in [6.07, 6.45) is -7.56. The van der Waals surface area contributed by atoms with E-state index in [1.54, 1.807) is 5.32 Å². The lowest BCUT2D eigenvalue weighted by molar-refractivity contribution is -0.162. The number of carbonyl (C=O) groups excluding carboxylic acids is 3. The maximum Gasteiger partial charge on any atom is 0.408 e. The standard InChI is InChI=1S/C23H22ClF6N5O4S/c1-10(23(28,29)30)31-20(37)21(38)35-6-5-22(8-35)9-39-15-14(34(2)17(24)16(15)40-33-22)19(36)32-11-3-4-13(25)12(7-11)18(26)27/h3-4,7,10,18,33H,5-6,8-9H2,1-2H3,(H,31,37)(H,32,36)/t10?,22-/m0/s1. The van der Waals surface area contributed by atoms with E-state index in [9.17, 15) is 40.7 Å². The Morgan fingerprint density at radius 2 is 1.95 bits per heavy atom. The highest BCUT2D eigenvalue weighted by Crippen LogP contribution is 2.44. The molecular weight excluding hydrogens is 592 g/mol. The van der Waals surface area contributed by atoms with E-state index in [0.29, 0.717) is 4.90 Å². The topological polar surface area (TPSA) is 105 Å². The van der Waals surface area contributed by atoms with E-state index in [4.69, 9.17) is 16.3 Å². The van der Waals surface area contributed by atoms with E-state index in [-0.39, 0.29) is 48.4 Å². The van der Waals surface area contributed by atoms with Crippen molar-refractivity contribution in [3.8, 4) is 5.75 Å². The number of nitrogens with zero attached hydrogens (tertiary/aromatic N) is 2. The van der Waals surface area contributed by atoms with Crippen LogP contribution in [0.5, 0.6) is 5.75 Å². The molecule has 17 heteroatoms. The lowest BCUT2D eigenvalue weighted by atomic mass is 10.0. The maximum absolute atomic E-state index is 13.7. The number of fused-ring (bicyclic) bond motifs is 1. The molecule has 1 fully saturated rings. The summed E-state index contributed by atoms with van der Waals surface area (Å²) >= 11 is 7.42. The Morgan fingerprint density at radius 3 is 2.60 bits per heavy atom. The zero-order valence-electron chi connectivity index (χ0n) is 20.8. The number of nitrogens with one attached hydrogen (secondary N) is 3. The Labute approximate surface area is 232 Å². The van der Waals surface area contributed by atoms with Gasteiger partial charge in [-0.25, -0.2) is 17.9 Å². The highest BCUT2D eigenvalue weighted by Gasteiger charge is 2.46. The number of rotatable bonds is 4. The summed E-state index contributed by atoms with van der Waals surface area (Å²) < 4.78 is 88.5. The average Bonchev–Trinajstić information content (AvgIpc) is 3.33. The zero-order valence-corrected chi connectivity index (χ0v) is 22.4. The first-order valence-corrected chi connectivity index (χ1v) is 12.8.